The summed E-state index contributed by atoms with van der Waals surface area (Å²) in [5.41, 5.74) is 2.11. The van der Waals surface area contributed by atoms with Gasteiger partial charge in [-0.3, -0.25) is 4.79 Å². The van der Waals surface area contributed by atoms with E-state index in [1.165, 1.54) is 0 Å². The lowest BCUT2D eigenvalue weighted by molar-refractivity contribution is -0.125. The van der Waals surface area contributed by atoms with Gasteiger partial charge >= 0.3 is 0 Å². The Morgan fingerprint density at radius 1 is 1.17 bits per heavy atom. The number of hydrogen-bond acceptors (Lipinski definition) is 5. The molecule has 0 radical (unpaired) electrons. The average molecular weight is 319 g/mol. The van der Waals surface area contributed by atoms with E-state index in [2.05, 4.69) is 27.5 Å². The van der Waals surface area contributed by atoms with Crippen molar-refractivity contribution >= 4 is 17.7 Å². The second-order valence-electron chi connectivity index (χ2n) is 6.69. The molecule has 6 heteroatoms. The first-order valence-electron chi connectivity index (χ1n) is 8.40. The van der Waals surface area contributed by atoms with E-state index in [9.17, 15) is 4.79 Å². The summed E-state index contributed by atoms with van der Waals surface area (Å²) in [7, 11) is 5.63. The number of rotatable bonds is 5. The van der Waals surface area contributed by atoms with Crippen LogP contribution < -0.4 is 15.5 Å². The number of aromatic nitrogens is 2. The van der Waals surface area contributed by atoms with Gasteiger partial charge in [0.25, 0.3) is 0 Å². The first-order chi connectivity index (χ1) is 10.9. The third-order valence-electron chi connectivity index (χ3n) is 4.80. The van der Waals surface area contributed by atoms with Gasteiger partial charge in [-0.2, -0.15) is 4.98 Å². The largest absolute Gasteiger partial charge is 0.369 e. The maximum absolute atomic E-state index is 11.7. The molecule has 1 amide bonds. The van der Waals surface area contributed by atoms with Crippen molar-refractivity contribution in [3.63, 3.8) is 0 Å². The van der Waals surface area contributed by atoms with E-state index >= 15 is 0 Å². The van der Waals surface area contributed by atoms with Gasteiger partial charge < -0.3 is 15.5 Å². The zero-order chi connectivity index (χ0) is 17.0. The lowest BCUT2D eigenvalue weighted by Gasteiger charge is -2.28. The minimum absolute atomic E-state index is 0.189. The molecule has 1 aliphatic carbocycles. The summed E-state index contributed by atoms with van der Waals surface area (Å²) in [6, 6.07) is 0. The molecule has 1 saturated carbocycles. The molecule has 128 valence electrons. The molecular formula is C17H29N5O. The highest BCUT2D eigenvalue weighted by molar-refractivity contribution is 5.78. The second kappa shape index (κ2) is 7.62. The number of nitrogens with one attached hydrogen (secondary N) is 2. The Morgan fingerprint density at radius 2 is 1.83 bits per heavy atom. The summed E-state index contributed by atoms with van der Waals surface area (Å²) in [5.74, 6) is 2.65. The van der Waals surface area contributed by atoms with Crippen LogP contribution in [0.3, 0.4) is 0 Å². The van der Waals surface area contributed by atoms with Crippen LogP contribution in [0.15, 0.2) is 0 Å². The highest BCUT2D eigenvalue weighted by Gasteiger charge is 2.25. The van der Waals surface area contributed by atoms with Gasteiger partial charge in [0.1, 0.15) is 5.82 Å². The number of carbonyl (C=O) groups is 1. The highest BCUT2D eigenvalue weighted by atomic mass is 16.1. The number of hydrogen-bond donors (Lipinski definition) is 2. The predicted molar refractivity (Wildman–Crippen MR) is 93.8 cm³/mol. The molecule has 0 aliphatic heterocycles. The Hall–Kier alpha value is -1.85. The van der Waals surface area contributed by atoms with Crippen LogP contribution in [0.25, 0.3) is 0 Å². The number of aryl methyl sites for hydroxylation is 1. The predicted octanol–water partition coefficient (Wildman–Crippen LogP) is 2.12. The first-order valence-corrected chi connectivity index (χ1v) is 8.40. The fourth-order valence-electron chi connectivity index (χ4n) is 3.06. The Morgan fingerprint density at radius 3 is 2.39 bits per heavy atom. The van der Waals surface area contributed by atoms with E-state index in [4.69, 9.17) is 0 Å². The van der Waals surface area contributed by atoms with Crippen LogP contribution in [-0.4, -0.2) is 43.6 Å². The van der Waals surface area contributed by atoms with Crippen LogP contribution in [0.1, 0.15) is 36.9 Å². The lowest BCUT2D eigenvalue weighted by Crippen LogP contribution is -2.32. The zero-order valence-corrected chi connectivity index (χ0v) is 14.9. The van der Waals surface area contributed by atoms with Crippen molar-refractivity contribution in [1.29, 1.82) is 0 Å². The van der Waals surface area contributed by atoms with Gasteiger partial charge in [0.15, 0.2) is 0 Å². The summed E-state index contributed by atoms with van der Waals surface area (Å²) in [6.45, 7) is 4.98. The number of nitrogens with zero attached hydrogens (tertiary/aromatic N) is 3. The van der Waals surface area contributed by atoms with E-state index in [1.54, 1.807) is 7.05 Å². The summed E-state index contributed by atoms with van der Waals surface area (Å²) in [5, 5.41) is 6.26. The molecule has 0 spiro atoms. The maximum atomic E-state index is 11.7. The van der Waals surface area contributed by atoms with Crippen LogP contribution in [0.2, 0.25) is 0 Å². The summed E-state index contributed by atoms with van der Waals surface area (Å²) in [6.07, 6.45) is 4.15. The Kier molecular flexibility index (Phi) is 5.80. The Balaban J connectivity index is 1.93. The minimum atomic E-state index is 0.189. The molecule has 1 aliphatic rings. The molecule has 0 aromatic carbocycles. The van der Waals surface area contributed by atoms with Crippen molar-refractivity contribution in [2.24, 2.45) is 11.8 Å². The molecule has 0 bridgehead atoms. The summed E-state index contributed by atoms with van der Waals surface area (Å²) >= 11 is 0. The number of anilines is 2. The molecule has 6 nitrogen and oxygen atoms in total. The fraction of sp³-hybridized carbons (Fsp3) is 0.706. The topological polar surface area (TPSA) is 70.2 Å². The van der Waals surface area contributed by atoms with Crippen LogP contribution in [-0.2, 0) is 4.79 Å². The van der Waals surface area contributed by atoms with Gasteiger partial charge in [0.05, 0.1) is 0 Å². The summed E-state index contributed by atoms with van der Waals surface area (Å²) < 4.78 is 0. The minimum Gasteiger partial charge on any atom is -0.369 e. The Labute approximate surface area is 139 Å². The summed E-state index contributed by atoms with van der Waals surface area (Å²) in [4.78, 5) is 22.7. The number of amides is 1. The lowest BCUT2D eigenvalue weighted by atomic mass is 9.81. The molecule has 0 atom stereocenters. The fourth-order valence-corrected chi connectivity index (χ4v) is 3.06. The van der Waals surface area contributed by atoms with Gasteiger partial charge in [-0.1, -0.05) is 0 Å². The highest BCUT2D eigenvalue weighted by Crippen LogP contribution is 2.29. The van der Waals surface area contributed by atoms with Crippen molar-refractivity contribution < 1.29 is 4.79 Å². The van der Waals surface area contributed by atoms with E-state index in [-0.39, 0.29) is 11.8 Å². The SMILES string of the molecule is CNC(=O)C1CCC(CNc2nc(N(C)C)nc(C)c2C)CC1. The Bertz CT molecular complexity index is 550. The molecule has 1 fully saturated rings. The molecule has 1 aromatic rings. The molecule has 0 saturated heterocycles. The first kappa shape index (κ1) is 17.5. The third-order valence-corrected chi connectivity index (χ3v) is 4.80. The molecule has 1 heterocycles. The van der Waals surface area contributed by atoms with Crippen molar-refractivity contribution in [2.45, 2.75) is 39.5 Å². The van der Waals surface area contributed by atoms with Crippen molar-refractivity contribution in [2.75, 3.05) is 37.9 Å². The van der Waals surface area contributed by atoms with Crippen molar-refractivity contribution in [1.82, 2.24) is 15.3 Å². The molecule has 2 rings (SSSR count). The van der Waals surface area contributed by atoms with Gasteiger partial charge in [0, 0.05) is 44.9 Å². The van der Waals surface area contributed by atoms with Crippen LogP contribution in [0.4, 0.5) is 11.8 Å². The maximum Gasteiger partial charge on any atom is 0.227 e. The van der Waals surface area contributed by atoms with Gasteiger partial charge in [-0.05, 0) is 45.4 Å². The smallest absolute Gasteiger partial charge is 0.227 e. The van der Waals surface area contributed by atoms with E-state index in [0.717, 1.165) is 55.3 Å². The second-order valence-corrected chi connectivity index (χ2v) is 6.69. The quantitative estimate of drug-likeness (QED) is 0.870. The molecule has 2 N–H and O–H groups in total. The van der Waals surface area contributed by atoms with Gasteiger partial charge in [0.2, 0.25) is 11.9 Å². The van der Waals surface area contributed by atoms with E-state index in [0.29, 0.717) is 5.92 Å². The molecule has 1 aromatic heterocycles. The van der Waals surface area contributed by atoms with Gasteiger partial charge in [-0.25, -0.2) is 4.98 Å². The third kappa shape index (κ3) is 4.33. The molecule has 0 unspecified atom stereocenters. The monoisotopic (exact) mass is 319 g/mol. The molecular weight excluding hydrogens is 290 g/mol. The van der Waals surface area contributed by atoms with Crippen molar-refractivity contribution in [3.05, 3.63) is 11.3 Å². The van der Waals surface area contributed by atoms with Crippen LogP contribution >= 0.6 is 0 Å². The average Bonchev–Trinajstić information content (AvgIpc) is 2.55. The standard InChI is InChI=1S/C17H29N5O/c1-11-12(2)20-17(22(4)5)21-15(11)19-10-13-6-8-14(9-7-13)16(23)18-3/h13-14H,6-10H2,1-5H3,(H,18,23)(H,19,20,21). The van der Waals surface area contributed by atoms with E-state index in [1.807, 2.05) is 25.9 Å². The van der Waals surface area contributed by atoms with Crippen molar-refractivity contribution in [3.8, 4) is 0 Å². The van der Waals surface area contributed by atoms with Crippen LogP contribution in [0.5, 0.6) is 0 Å². The van der Waals surface area contributed by atoms with Crippen LogP contribution in [0, 0.1) is 25.7 Å². The van der Waals surface area contributed by atoms with E-state index < -0.39 is 0 Å². The van der Waals surface area contributed by atoms with Gasteiger partial charge in [-0.15, -0.1) is 0 Å². The molecule has 23 heavy (non-hydrogen) atoms. The normalized spacial score (nSPS) is 20.9. The number of carbonyl (C=O) groups excluding carboxylic acids is 1. The zero-order valence-electron chi connectivity index (χ0n) is 14.9.